The molecule has 1 aromatic carbocycles. The second-order valence-corrected chi connectivity index (χ2v) is 5.70. The average molecular weight is 258 g/mol. The zero-order valence-electron chi connectivity index (χ0n) is 9.97. The summed E-state index contributed by atoms with van der Waals surface area (Å²) >= 11 is 0. The Morgan fingerprint density at radius 3 is 2.53 bits per heavy atom. The minimum atomic E-state index is -3.62. The molecule has 0 bridgehead atoms. The molecule has 0 radical (unpaired) electrons. The van der Waals surface area contributed by atoms with Gasteiger partial charge < -0.3 is 10.8 Å². The van der Waals surface area contributed by atoms with Gasteiger partial charge in [0.15, 0.2) is 0 Å². The maximum atomic E-state index is 12.0. The highest BCUT2D eigenvalue weighted by Crippen LogP contribution is 2.16. The van der Waals surface area contributed by atoms with Crippen LogP contribution in [0.5, 0.6) is 0 Å². The number of aliphatic hydroxyl groups is 1. The normalized spacial score (nSPS) is 13.6. The molecule has 0 aliphatic rings. The predicted octanol–water partition coefficient (Wildman–Crippen LogP) is 0.626. The van der Waals surface area contributed by atoms with Crippen LogP contribution < -0.4 is 10.5 Å². The molecule has 0 unspecified atom stereocenters. The van der Waals surface area contributed by atoms with Crippen molar-refractivity contribution in [3.8, 4) is 0 Å². The van der Waals surface area contributed by atoms with E-state index in [0.29, 0.717) is 12.1 Å². The topological polar surface area (TPSA) is 92.4 Å². The van der Waals surface area contributed by atoms with Gasteiger partial charge in [0.2, 0.25) is 10.0 Å². The molecular formula is C11H18N2O3S. The van der Waals surface area contributed by atoms with E-state index in [4.69, 9.17) is 10.8 Å². The van der Waals surface area contributed by atoms with E-state index >= 15 is 0 Å². The molecule has 0 saturated heterocycles. The number of aryl methyl sites for hydroxylation is 1. The first-order chi connectivity index (χ1) is 7.89. The largest absolute Gasteiger partial charge is 0.399 e. The van der Waals surface area contributed by atoms with Crippen LogP contribution in [-0.2, 0) is 10.0 Å². The molecule has 0 saturated carbocycles. The molecule has 0 heterocycles. The Balaban J connectivity index is 3.04. The molecule has 4 N–H and O–H groups in total. The number of nitrogens with two attached hydrogens (primary N) is 1. The lowest BCUT2D eigenvalue weighted by Crippen LogP contribution is -2.36. The standard InChI is InChI=1S/C11H18N2O3S/c1-3-10(7-14)13-17(15,16)11-5-8(2)4-9(12)6-11/h4-6,10,13-14H,3,7,12H2,1-2H3/t10-/m0/s1. The molecule has 0 amide bonds. The van der Waals surface area contributed by atoms with Gasteiger partial charge in [-0.25, -0.2) is 13.1 Å². The van der Waals surface area contributed by atoms with E-state index in [1.54, 1.807) is 26.0 Å². The lowest BCUT2D eigenvalue weighted by molar-refractivity contribution is 0.254. The van der Waals surface area contributed by atoms with Crippen molar-refractivity contribution in [1.82, 2.24) is 4.72 Å². The molecule has 0 aliphatic carbocycles. The maximum Gasteiger partial charge on any atom is 0.240 e. The van der Waals surface area contributed by atoms with Gasteiger partial charge in [0.1, 0.15) is 0 Å². The highest BCUT2D eigenvalue weighted by atomic mass is 32.2. The Bertz CT molecular complexity index is 461. The van der Waals surface area contributed by atoms with E-state index in [-0.39, 0.29) is 11.5 Å². The second-order valence-electron chi connectivity index (χ2n) is 3.99. The lowest BCUT2D eigenvalue weighted by atomic mass is 10.2. The van der Waals surface area contributed by atoms with Crippen molar-refractivity contribution in [3.05, 3.63) is 23.8 Å². The van der Waals surface area contributed by atoms with Gasteiger partial charge in [0.05, 0.1) is 11.5 Å². The van der Waals surface area contributed by atoms with Crippen LogP contribution in [0.25, 0.3) is 0 Å². The Labute approximate surface area is 102 Å². The van der Waals surface area contributed by atoms with E-state index in [0.717, 1.165) is 5.56 Å². The first-order valence-corrected chi connectivity index (χ1v) is 6.87. The maximum absolute atomic E-state index is 12.0. The Morgan fingerprint density at radius 2 is 2.06 bits per heavy atom. The molecule has 0 aromatic heterocycles. The molecule has 0 spiro atoms. The fraction of sp³-hybridized carbons (Fsp3) is 0.455. The van der Waals surface area contributed by atoms with Crippen molar-refractivity contribution in [2.45, 2.75) is 31.2 Å². The number of nitrogen functional groups attached to an aromatic ring is 1. The smallest absolute Gasteiger partial charge is 0.240 e. The monoisotopic (exact) mass is 258 g/mol. The molecule has 1 atom stereocenters. The Hall–Kier alpha value is -1.11. The third-order valence-electron chi connectivity index (χ3n) is 2.42. The van der Waals surface area contributed by atoms with Crippen LogP contribution in [0, 0.1) is 6.92 Å². The van der Waals surface area contributed by atoms with Crippen molar-refractivity contribution in [2.75, 3.05) is 12.3 Å². The third kappa shape index (κ3) is 3.69. The highest BCUT2D eigenvalue weighted by molar-refractivity contribution is 7.89. The van der Waals surface area contributed by atoms with Gasteiger partial charge in [-0.3, -0.25) is 0 Å². The minimum absolute atomic E-state index is 0.127. The van der Waals surface area contributed by atoms with Crippen molar-refractivity contribution >= 4 is 15.7 Å². The van der Waals surface area contributed by atoms with Crippen LogP contribution in [-0.4, -0.2) is 26.2 Å². The van der Waals surface area contributed by atoms with Crippen molar-refractivity contribution in [2.24, 2.45) is 0 Å². The summed E-state index contributed by atoms with van der Waals surface area (Å²) in [7, 11) is -3.62. The van der Waals surface area contributed by atoms with Crippen LogP contribution in [0.2, 0.25) is 0 Å². The summed E-state index contributed by atoms with van der Waals surface area (Å²) in [5.74, 6) is 0. The van der Waals surface area contributed by atoms with Crippen LogP contribution in [0.15, 0.2) is 23.1 Å². The average Bonchev–Trinajstić information content (AvgIpc) is 2.24. The molecular weight excluding hydrogens is 240 g/mol. The number of benzene rings is 1. The Kier molecular flexibility index (Phi) is 4.50. The van der Waals surface area contributed by atoms with Gasteiger partial charge in [0.25, 0.3) is 0 Å². The Morgan fingerprint density at radius 1 is 1.41 bits per heavy atom. The number of aliphatic hydroxyl groups excluding tert-OH is 1. The predicted molar refractivity (Wildman–Crippen MR) is 67.1 cm³/mol. The SMILES string of the molecule is CC[C@@H](CO)NS(=O)(=O)c1cc(C)cc(N)c1. The highest BCUT2D eigenvalue weighted by Gasteiger charge is 2.18. The number of nitrogens with one attached hydrogen (secondary N) is 1. The van der Waals surface area contributed by atoms with Gasteiger partial charge in [-0.2, -0.15) is 0 Å². The summed E-state index contributed by atoms with van der Waals surface area (Å²) in [4.78, 5) is 0.127. The zero-order valence-corrected chi connectivity index (χ0v) is 10.8. The summed E-state index contributed by atoms with van der Waals surface area (Å²) in [6.45, 7) is 3.35. The van der Waals surface area contributed by atoms with Gasteiger partial charge >= 0.3 is 0 Å². The number of sulfonamides is 1. The van der Waals surface area contributed by atoms with E-state index in [2.05, 4.69) is 4.72 Å². The van der Waals surface area contributed by atoms with Gasteiger partial charge in [-0.1, -0.05) is 6.92 Å². The molecule has 1 aromatic rings. The zero-order chi connectivity index (χ0) is 13.1. The molecule has 5 nitrogen and oxygen atoms in total. The van der Waals surface area contributed by atoms with Gasteiger partial charge in [-0.15, -0.1) is 0 Å². The minimum Gasteiger partial charge on any atom is -0.399 e. The number of hydrogen-bond acceptors (Lipinski definition) is 4. The first-order valence-electron chi connectivity index (χ1n) is 5.39. The molecule has 17 heavy (non-hydrogen) atoms. The first kappa shape index (κ1) is 14.0. The molecule has 6 heteroatoms. The van der Waals surface area contributed by atoms with Crippen LogP contribution >= 0.6 is 0 Å². The summed E-state index contributed by atoms with van der Waals surface area (Å²) < 4.78 is 26.4. The summed E-state index contributed by atoms with van der Waals surface area (Å²) in [5, 5.41) is 8.99. The molecule has 96 valence electrons. The van der Waals surface area contributed by atoms with E-state index in [1.165, 1.54) is 6.07 Å². The molecule has 0 aliphatic heterocycles. The third-order valence-corrected chi connectivity index (χ3v) is 3.92. The van der Waals surface area contributed by atoms with E-state index in [1.807, 2.05) is 0 Å². The second kappa shape index (κ2) is 5.48. The fourth-order valence-corrected chi connectivity index (χ4v) is 2.92. The van der Waals surface area contributed by atoms with Crippen LogP contribution in [0.4, 0.5) is 5.69 Å². The van der Waals surface area contributed by atoms with Gasteiger partial charge in [0, 0.05) is 11.7 Å². The summed E-state index contributed by atoms with van der Waals surface area (Å²) in [5.41, 5.74) is 6.80. The van der Waals surface area contributed by atoms with E-state index < -0.39 is 16.1 Å². The van der Waals surface area contributed by atoms with Crippen molar-refractivity contribution < 1.29 is 13.5 Å². The van der Waals surface area contributed by atoms with Crippen LogP contribution in [0.3, 0.4) is 0 Å². The summed E-state index contributed by atoms with van der Waals surface area (Å²) in [6.07, 6.45) is 0.525. The van der Waals surface area contributed by atoms with Gasteiger partial charge in [-0.05, 0) is 37.1 Å². The quantitative estimate of drug-likeness (QED) is 0.675. The van der Waals surface area contributed by atoms with Crippen LogP contribution in [0.1, 0.15) is 18.9 Å². The van der Waals surface area contributed by atoms with Crippen molar-refractivity contribution in [1.29, 1.82) is 0 Å². The fourth-order valence-electron chi connectivity index (χ4n) is 1.47. The number of rotatable bonds is 5. The lowest BCUT2D eigenvalue weighted by Gasteiger charge is -2.15. The number of hydrogen-bond donors (Lipinski definition) is 3. The summed E-state index contributed by atoms with van der Waals surface area (Å²) in [6, 6.07) is 4.17. The van der Waals surface area contributed by atoms with Crippen molar-refractivity contribution in [3.63, 3.8) is 0 Å². The molecule has 1 rings (SSSR count). The van der Waals surface area contributed by atoms with E-state index in [9.17, 15) is 8.42 Å². The molecule has 0 fully saturated rings. The number of anilines is 1.